The van der Waals surface area contributed by atoms with Gasteiger partial charge in [0.2, 0.25) is 0 Å². The first kappa shape index (κ1) is 35.8. The first-order chi connectivity index (χ1) is 24.3. The second kappa shape index (κ2) is 15.5. The Morgan fingerprint density at radius 2 is 1.41 bits per heavy atom. The third-order valence-electron chi connectivity index (χ3n) is 9.17. The fraction of sp³-hybridized carbons (Fsp3) is 0.205. The zero-order chi connectivity index (χ0) is 34.8. The smallest absolute Gasteiger partial charge is 0.489 e. The van der Waals surface area contributed by atoms with Crippen LogP contribution >= 0.6 is 0 Å². The molecule has 5 aromatic carbocycles. The van der Waals surface area contributed by atoms with E-state index in [1.165, 1.54) is 33.1 Å². The number of benzene rings is 5. The minimum Gasteiger partial charge on any atom is -0.489 e. The number of hydrogen-bond donors (Lipinski definition) is 0. The largest absolute Gasteiger partial charge is 3.00 e. The summed E-state index contributed by atoms with van der Waals surface area (Å²) in [5, 5.41) is 8.82. The van der Waals surface area contributed by atoms with Crippen LogP contribution in [0.1, 0.15) is 64.5 Å². The maximum Gasteiger partial charge on any atom is 3.00 e. The van der Waals surface area contributed by atoms with Crippen LogP contribution in [0.25, 0.3) is 44.6 Å². The Labute approximate surface area is 315 Å². The molecule has 0 saturated heterocycles. The molecular weight excluding hydrogens is 805 g/mol. The topological polar surface area (TPSA) is 41.6 Å². The molecule has 258 valence electrons. The molecule has 0 N–H and O–H groups in total. The standard InChI is InChI=1S/C23H20N4.C21H23N2.Ir/c1-17(2)25-15-24-26(16-25)19-12-13-23-21(14-19)20-10-6-7-11-22(20)27(23)18-8-4-3-5-9-18;1-15(2)18-11-8-12-19(16(3)4)20(18)23-14-13-22-21(23)17-9-6-5-7-10-17;/h3-11,13-17H,1-2H3;5-9,11-16H,1-4H3;/q-2;-1;+3. The Hall–Kier alpha value is -4.97. The number of para-hydroxylation sites is 3. The summed E-state index contributed by atoms with van der Waals surface area (Å²) in [7, 11) is 0. The normalized spacial score (nSPS) is 12.6. The minimum atomic E-state index is 0. The molecular formula is C44H43IrN6. The number of nitrogens with zero attached hydrogens (tertiary/aromatic N) is 6. The minimum absolute atomic E-state index is 0. The second-order valence-corrected chi connectivity index (χ2v) is 13.5. The molecule has 0 saturated carbocycles. The molecule has 1 aliphatic rings. The zero-order valence-corrected chi connectivity index (χ0v) is 32.3. The van der Waals surface area contributed by atoms with Crippen LogP contribution in [0.5, 0.6) is 0 Å². The third kappa shape index (κ3) is 7.14. The summed E-state index contributed by atoms with van der Waals surface area (Å²) >= 11 is 0. The Balaban J connectivity index is 0.000000175. The Bertz CT molecular complexity index is 2220. The monoisotopic (exact) mass is 848 g/mol. The van der Waals surface area contributed by atoms with Crippen molar-refractivity contribution in [2.45, 2.75) is 59.4 Å². The van der Waals surface area contributed by atoms with Crippen LogP contribution in [0, 0.1) is 18.8 Å². The van der Waals surface area contributed by atoms with Gasteiger partial charge in [0.1, 0.15) is 0 Å². The third-order valence-corrected chi connectivity index (χ3v) is 9.17. The van der Waals surface area contributed by atoms with Crippen molar-refractivity contribution in [1.29, 1.82) is 0 Å². The van der Waals surface area contributed by atoms with Crippen LogP contribution in [0.2, 0.25) is 0 Å². The molecule has 0 aliphatic carbocycles. The van der Waals surface area contributed by atoms with Crippen LogP contribution in [-0.2, 0) is 20.1 Å². The Morgan fingerprint density at radius 1 is 0.706 bits per heavy atom. The number of fused-ring (bicyclic) bond motifs is 3. The number of hydrazone groups is 1. The second-order valence-electron chi connectivity index (χ2n) is 13.5. The van der Waals surface area contributed by atoms with E-state index in [1.54, 1.807) is 0 Å². The van der Waals surface area contributed by atoms with Crippen molar-refractivity contribution < 1.29 is 20.1 Å². The number of aromatic nitrogens is 3. The quantitative estimate of drug-likeness (QED) is 0.150. The van der Waals surface area contributed by atoms with Gasteiger partial charge in [-0.05, 0) is 66.4 Å². The molecule has 0 spiro atoms. The summed E-state index contributed by atoms with van der Waals surface area (Å²) in [6.07, 6.45) is 5.79. The van der Waals surface area contributed by atoms with Crippen LogP contribution < -0.4 is 5.01 Å². The van der Waals surface area contributed by atoms with Gasteiger partial charge in [-0.2, -0.15) is 17.2 Å². The van der Waals surface area contributed by atoms with Crippen molar-refractivity contribution >= 4 is 33.8 Å². The number of imidazole rings is 1. The average molecular weight is 848 g/mol. The van der Waals surface area contributed by atoms with Crippen molar-refractivity contribution in [3.05, 3.63) is 152 Å². The molecule has 6 nitrogen and oxygen atoms in total. The van der Waals surface area contributed by atoms with Crippen molar-refractivity contribution in [3.63, 3.8) is 0 Å². The van der Waals surface area contributed by atoms with Crippen molar-refractivity contribution in [2.24, 2.45) is 5.10 Å². The summed E-state index contributed by atoms with van der Waals surface area (Å²) in [5.74, 6) is 1.86. The molecule has 51 heavy (non-hydrogen) atoms. The Morgan fingerprint density at radius 3 is 2.08 bits per heavy atom. The first-order valence-corrected chi connectivity index (χ1v) is 17.4. The van der Waals surface area contributed by atoms with Crippen molar-refractivity contribution in [2.75, 3.05) is 5.01 Å². The number of anilines is 1. The maximum absolute atomic E-state index is 4.60. The van der Waals surface area contributed by atoms with Gasteiger partial charge in [0.05, 0.1) is 12.2 Å². The van der Waals surface area contributed by atoms with Gasteiger partial charge in [-0.3, -0.25) is 4.98 Å². The van der Waals surface area contributed by atoms with Crippen LogP contribution in [0.4, 0.5) is 5.69 Å². The van der Waals surface area contributed by atoms with E-state index in [0.29, 0.717) is 17.9 Å². The molecule has 7 aromatic rings. The fourth-order valence-corrected chi connectivity index (χ4v) is 6.58. The van der Waals surface area contributed by atoms with Gasteiger partial charge in [0.25, 0.3) is 0 Å². The van der Waals surface area contributed by atoms with Crippen LogP contribution in [0.15, 0.2) is 127 Å². The van der Waals surface area contributed by atoms with Gasteiger partial charge in [-0.25, -0.2) is 0 Å². The summed E-state index contributed by atoms with van der Waals surface area (Å²) in [4.78, 5) is 6.68. The van der Waals surface area contributed by atoms with Gasteiger partial charge in [-0.15, -0.1) is 54.0 Å². The molecule has 0 fully saturated rings. The molecule has 8 rings (SSSR count). The molecule has 0 amide bonds. The van der Waals surface area contributed by atoms with E-state index in [1.807, 2.05) is 48.5 Å². The zero-order valence-electron chi connectivity index (χ0n) is 30.0. The van der Waals surface area contributed by atoms with E-state index < -0.39 is 0 Å². The predicted molar refractivity (Wildman–Crippen MR) is 208 cm³/mol. The van der Waals surface area contributed by atoms with Crippen molar-refractivity contribution in [1.82, 2.24) is 19.0 Å². The number of hydrogen-bond acceptors (Lipinski definition) is 4. The SMILES string of the molecule is CC(C)N1C=NN(c2[c-]cc3c(c2)c2ccccc2n3-c2ccccc2)[CH-]1.CC(C)c1cccc(C(C)C)c1-n1ccnc1-c1[c-]cccc1.[Ir+3]. The van der Waals surface area contributed by atoms with Gasteiger partial charge in [-0.1, -0.05) is 93.5 Å². The predicted octanol–water partition coefficient (Wildman–Crippen LogP) is 10.8. The van der Waals surface area contributed by atoms with Gasteiger partial charge in [0, 0.05) is 29.3 Å². The van der Waals surface area contributed by atoms with E-state index in [2.05, 4.69) is 169 Å². The molecule has 0 atom stereocenters. The summed E-state index contributed by atoms with van der Waals surface area (Å²) in [6.45, 7) is 15.3. The number of rotatable bonds is 7. The van der Waals surface area contributed by atoms with Gasteiger partial charge in [0.15, 0.2) is 0 Å². The Kier molecular flexibility index (Phi) is 10.9. The van der Waals surface area contributed by atoms with E-state index in [-0.39, 0.29) is 20.1 Å². The fourth-order valence-electron chi connectivity index (χ4n) is 6.58. The summed E-state index contributed by atoms with van der Waals surface area (Å²) < 4.78 is 4.51. The van der Waals surface area contributed by atoms with E-state index >= 15 is 0 Å². The molecule has 7 heteroatoms. The molecule has 1 aliphatic heterocycles. The molecule has 0 radical (unpaired) electrons. The average Bonchev–Trinajstić information content (AvgIpc) is 3.90. The summed E-state index contributed by atoms with van der Waals surface area (Å²) in [5.41, 5.74) is 9.43. The molecule has 0 bridgehead atoms. The van der Waals surface area contributed by atoms with Crippen LogP contribution in [-0.4, -0.2) is 31.4 Å². The van der Waals surface area contributed by atoms with Crippen LogP contribution in [0.3, 0.4) is 0 Å². The van der Waals surface area contributed by atoms with E-state index in [4.69, 9.17) is 0 Å². The van der Waals surface area contributed by atoms with Crippen molar-refractivity contribution in [3.8, 4) is 22.8 Å². The van der Waals surface area contributed by atoms with E-state index in [9.17, 15) is 0 Å². The molecule has 0 unspecified atom stereocenters. The van der Waals surface area contributed by atoms with Gasteiger partial charge < -0.3 is 19.0 Å². The molecule has 3 heterocycles. The summed E-state index contributed by atoms with van der Waals surface area (Å²) in [6, 6.07) is 45.0. The molecule has 2 aromatic heterocycles. The van der Waals surface area contributed by atoms with Gasteiger partial charge >= 0.3 is 20.1 Å². The van der Waals surface area contributed by atoms with E-state index in [0.717, 1.165) is 28.3 Å². The maximum atomic E-state index is 4.60. The first-order valence-electron chi connectivity index (χ1n) is 17.4.